The summed E-state index contributed by atoms with van der Waals surface area (Å²) >= 11 is 0. The molecule has 1 aromatic heterocycles. The molecule has 1 aromatic rings. The first-order chi connectivity index (χ1) is 7.77. The number of carbonyl (C=O) groups excluding carboxylic acids is 1. The molecule has 1 saturated heterocycles. The lowest BCUT2D eigenvalue weighted by Gasteiger charge is -2.40. The number of hydrogen-bond donors (Lipinski definition) is 1. The minimum atomic E-state index is -1.30. The van der Waals surface area contributed by atoms with Crippen molar-refractivity contribution in [3.8, 4) is 0 Å². The zero-order valence-corrected chi connectivity index (χ0v) is 10.5. The van der Waals surface area contributed by atoms with Crippen LogP contribution in [0, 0.1) is 5.41 Å². The molecule has 0 spiro atoms. The van der Waals surface area contributed by atoms with Crippen LogP contribution in [0.15, 0.2) is 16.9 Å². The molecule has 1 fully saturated rings. The minimum Gasteiger partial charge on any atom is -0.368 e. The lowest BCUT2D eigenvalue weighted by atomic mass is 9.82. The summed E-state index contributed by atoms with van der Waals surface area (Å²) in [6.45, 7) is 5.88. The number of hydrogen-bond acceptors (Lipinski definition) is 4. The molecule has 1 atom stereocenters. The fourth-order valence-electron chi connectivity index (χ4n) is 1.98. The van der Waals surface area contributed by atoms with Crippen LogP contribution < -0.4 is 4.90 Å². The van der Waals surface area contributed by atoms with Crippen molar-refractivity contribution in [2.45, 2.75) is 26.5 Å². The van der Waals surface area contributed by atoms with Gasteiger partial charge in [0.25, 0.3) is 0 Å². The van der Waals surface area contributed by atoms with Crippen LogP contribution in [-0.4, -0.2) is 40.5 Å². The standard InChI is InChI=1S/C11H17N3O3/c1-10(2,3)11(16)7-13(4)9(15)14(11)8-5-6-17-12-8/h5-6,16H,7H2,1-4H3. The van der Waals surface area contributed by atoms with Crippen LogP contribution in [-0.2, 0) is 0 Å². The Kier molecular flexibility index (Phi) is 2.43. The fraction of sp³-hybridized carbons (Fsp3) is 0.636. The van der Waals surface area contributed by atoms with E-state index < -0.39 is 11.1 Å². The van der Waals surface area contributed by atoms with Gasteiger partial charge in [-0.05, 0) is 0 Å². The van der Waals surface area contributed by atoms with Gasteiger partial charge >= 0.3 is 6.03 Å². The zero-order chi connectivity index (χ0) is 12.8. The highest BCUT2D eigenvalue weighted by Gasteiger charge is 2.55. The highest BCUT2D eigenvalue weighted by molar-refractivity contribution is 5.94. The Labute approximate surface area is 99.8 Å². The lowest BCUT2D eigenvalue weighted by molar-refractivity contribution is -0.0441. The van der Waals surface area contributed by atoms with E-state index in [1.165, 1.54) is 16.1 Å². The number of urea groups is 1. The van der Waals surface area contributed by atoms with Crippen LogP contribution in [0.25, 0.3) is 0 Å². The molecule has 0 bridgehead atoms. The molecular formula is C11H17N3O3. The van der Waals surface area contributed by atoms with Gasteiger partial charge in [-0.25, -0.2) is 9.69 Å². The summed E-state index contributed by atoms with van der Waals surface area (Å²) < 4.78 is 4.74. The maximum atomic E-state index is 12.1. The van der Waals surface area contributed by atoms with E-state index in [0.29, 0.717) is 5.82 Å². The summed E-state index contributed by atoms with van der Waals surface area (Å²) in [5.41, 5.74) is -1.79. The van der Waals surface area contributed by atoms with Gasteiger partial charge < -0.3 is 14.5 Å². The number of β-amino-alcohol motifs (C(OH)–C–C–N with tert-alkyl or cyclic N) is 1. The Hall–Kier alpha value is -1.56. The van der Waals surface area contributed by atoms with Gasteiger partial charge in [0.2, 0.25) is 0 Å². The van der Waals surface area contributed by atoms with Gasteiger partial charge in [0.15, 0.2) is 11.5 Å². The smallest absolute Gasteiger partial charge is 0.328 e. The van der Waals surface area contributed by atoms with Gasteiger partial charge in [-0.2, -0.15) is 0 Å². The van der Waals surface area contributed by atoms with E-state index in [2.05, 4.69) is 5.16 Å². The molecule has 17 heavy (non-hydrogen) atoms. The Morgan fingerprint density at radius 3 is 2.65 bits per heavy atom. The van der Waals surface area contributed by atoms with E-state index in [1.54, 1.807) is 13.1 Å². The van der Waals surface area contributed by atoms with Gasteiger partial charge in [0, 0.05) is 18.5 Å². The maximum Gasteiger partial charge on any atom is 0.328 e. The third kappa shape index (κ3) is 1.59. The van der Waals surface area contributed by atoms with E-state index in [0.717, 1.165) is 0 Å². The monoisotopic (exact) mass is 239 g/mol. The normalized spacial score (nSPS) is 25.8. The first kappa shape index (κ1) is 11.9. The molecule has 0 saturated carbocycles. The van der Waals surface area contributed by atoms with Gasteiger partial charge in [-0.3, -0.25) is 0 Å². The summed E-state index contributed by atoms with van der Waals surface area (Å²) in [7, 11) is 1.65. The first-order valence-electron chi connectivity index (χ1n) is 5.45. The molecule has 6 heteroatoms. The van der Waals surface area contributed by atoms with E-state index in [1.807, 2.05) is 20.8 Å². The number of aromatic nitrogens is 1. The summed E-state index contributed by atoms with van der Waals surface area (Å²) in [5, 5.41) is 14.5. The van der Waals surface area contributed by atoms with Crippen molar-refractivity contribution in [2.75, 3.05) is 18.5 Å². The van der Waals surface area contributed by atoms with E-state index in [9.17, 15) is 9.90 Å². The van der Waals surface area contributed by atoms with Crippen molar-refractivity contribution < 1.29 is 14.4 Å². The molecule has 94 valence electrons. The molecule has 1 unspecified atom stereocenters. The highest BCUT2D eigenvalue weighted by atomic mass is 16.5. The fourth-order valence-corrected chi connectivity index (χ4v) is 1.98. The average Bonchev–Trinajstić information content (AvgIpc) is 2.75. The van der Waals surface area contributed by atoms with Crippen LogP contribution in [0.3, 0.4) is 0 Å². The van der Waals surface area contributed by atoms with Gasteiger partial charge in [0.1, 0.15) is 6.26 Å². The zero-order valence-electron chi connectivity index (χ0n) is 10.5. The number of aliphatic hydroxyl groups is 1. The molecule has 0 aromatic carbocycles. The molecular weight excluding hydrogens is 222 g/mol. The lowest BCUT2D eigenvalue weighted by Crippen LogP contribution is -2.56. The molecule has 1 N–H and O–H groups in total. The van der Waals surface area contributed by atoms with Crippen LogP contribution >= 0.6 is 0 Å². The molecule has 2 heterocycles. The summed E-state index contributed by atoms with van der Waals surface area (Å²) in [6.07, 6.45) is 1.38. The second-order valence-corrected chi connectivity index (χ2v) is 5.40. The summed E-state index contributed by atoms with van der Waals surface area (Å²) in [6, 6.07) is 1.28. The average molecular weight is 239 g/mol. The number of anilines is 1. The number of likely N-dealkylation sites (N-methyl/N-ethyl adjacent to an activating group) is 1. The minimum absolute atomic E-state index is 0.238. The summed E-state index contributed by atoms with van der Waals surface area (Å²) in [5.74, 6) is 0.330. The van der Waals surface area contributed by atoms with E-state index in [4.69, 9.17) is 4.52 Å². The number of nitrogens with zero attached hydrogens (tertiary/aromatic N) is 3. The largest absolute Gasteiger partial charge is 0.368 e. The maximum absolute atomic E-state index is 12.1. The van der Waals surface area contributed by atoms with Gasteiger partial charge in [-0.15, -0.1) is 0 Å². The van der Waals surface area contributed by atoms with Crippen molar-refractivity contribution >= 4 is 11.8 Å². The third-order valence-electron chi connectivity index (χ3n) is 3.20. The molecule has 0 aliphatic carbocycles. The van der Waals surface area contributed by atoms with Crippen molar-refractivity contribution in [3.05, 3.63) is 12.3 Å². The Morgan fingerprint density at radius 1 is 1.53 bits per heavy atom. The van der Waals surface area contributed by atoms with Crippen LogP contribution in [0.2, 0.25) is 0 Å². The second-order valence-electron chi connectivity index (χ2n) is 5.40. The Morgan fingerprint density at radius 2 is 2.18 bits per heavy atom. The Bertz CT molecular complexity index is 424. The third-order valence-corrected chi connectivity index (χ3v) is 3.20. The van der Waals surface area contributed by atoms with Gasteiger partial charge in [-0.1, -0.05) is 25.9 Å². The van der Waals surface area contributed by atoms with E-state index in [-0.39, 0.29) is 12.6 Å². The van der Waals surface area contributed by atoms with Crippen molar-refractivity contribution in [2.24, 2.45) is 5.41 Å². The molecule has 6 nitrogen and oxygen atoms in total. The first-order valence-corrected chi connectivity index (χ1v) is 5.45. The van der Waals surface area contributed by atoms with Crippen LogP contribution in [0.4, 0.5) is 10.6 Å². The molecule has 2 amide bonds. The molecule has 0 radical (unpaired) electrons. The number of rotatable bonds is 1. The summed E-state index contributed by atoms with van der Waals surface area (Å²) in [4.78, 5) is 14.8. The van der Waals surface area contributed by atoms with Crippen molar-refractivity contribution in [3.63, 3.8) is 0 Å². The predicted molar refractivity (Wildman–Crippen MR) is 61.4 cm³/mol. The number of amides is 2. The Balaban J connectivity index is 2.49. The van der Waals surface area contributed by atoms with Crippen molar-refractivity contribution in [1.29, 1.82) is 0 Å². The van der Waals surface area contributed by atoms with E-state index >= 15 is 0 Å². The van der Waals surface area contributed by atoms with Gasteiger partial charge in [0.05, 0.1) is 6.54 Å². The molecule has 1 aliphatic rings. The molecule has 2 rings (SSSR count). The topological polar surface area (TPSA) is 69.8 Å². The van der Waals surface area contributed by atoms with Crippen LogP contribution in [0.1, 0.15) is 20.8 Å². The molecule has 1 aliphatic heterocycles. The second kappa shape index (κ2) is 3.46. The van der Waals surface area contributed by atoms with Crippen LogP contribution in [0.5, 0.6) is 0 Å². The number of carbonyl (C=O) groups is 1. The SMILES string of the molecule is CN1CC(O)(C(C)(C)C)N(c2ccon2)C1=O. The highest BCUT2D eigenvalue weighted by Crippen LogP contribution is 2.40. The predicted octanol–water partition coefficient (Wildman–Crippen LogP) is 1.28. The van der Waals surface area contributed by atoms with Crippen molar-refractivity contribution in [1.82, 2.24) is 10.1 Å². The quantitative estimate of drug-likeness (QED) is 0.801.